The smallest absolute Gasteiger partial charge is 0.0940 e. The van der Waals surface area contributed by atoms with Crippen molar-refractivity contribution in [1.29, 1.82) is 0 Å². The van der Waals surface area contributed by atoms with Crippen molar-refractivity contribution < 1.29 is 9.47 Å². The number of hydrogen-bond acceptors (Lipinski definition) is 3. The van der Waals surface area contributed by atoms with E-state index in [-0.39, 0.29) is 11.7 Å². The van der Waals surface area contributed by atoms with Crippen LogP contribution < -0.4 is 5.32 Å². The number of ether oxygens (including phenoxy) is 2. The van der Waals surface area contributed by atoms with Gasteiger partial charge in [-0.2, -0.15) is 0 Å². The van der Waals surface area contributed by atoms with Crippen LogP contribution in [0.4, 0.5) is 0 Å². The standard InChI is InChI=1S/C15H23NO2/c1-3-15(2)12-16-9-14(18-15)11-17-10-13-7-5-4-6-8-13/h4-8,14,16H,3,9-12H2,1-2H3. The highest BCUT2D eigenvalue weighted by Gasteiger charge is 2.31. The Bertz CT molecular complexity index is 355. The predicted octanol–water partition coefficient (Wildman–Crippen LogP) is 2.36. The Morgan fingerprint density at radius 2 is 2.17 bits per heavy atom. The molecule has 0 radical (unpaired) electrons. The summed E-state index contributed by atoms with van der Waals surface area (Å²) in [6.45, 7) is 7.43. The second kappa shape index (κ2) is 6.32. The summed E-state index contributed by atoms with van der Waals surface area (Å²) in [7, 11) is 0. The van der Waals surface area contributed by atoms with E-state index in [1.165, 1.54) is 5.56 Å². The summed E-state index contributed by atoms with van der Waals surface area (Å²) in [5.74, 6) is 0. The van der Waals surface area contributed by atoms with Crippen LogP contribution in [0.5, 0.6) is 0 Å². The normalized spacial score (nSPS) is 28.2. The van der Waals surface area contributed by atoms with Gasteiger partial charge in [0, 0.05) is 13.1 Å². The molecule has 18 heavy (non-hydrogen) atoms. The van der Waals surface area contributed by atoms with Gasteiger partial charge in [-0.05, 0) is 18.9 Å². The van der Waals surface area contributed by atoms with Crippen LogP contribution in [0, 0.1) is 0 Å². The largest absolute Gasteiger partial charge is 0.374 e. The lowest BCUT2D eigenvalue weighted by Gasteiger charge is -2.38. The van der Waals surface area contributed by atoms with Gasteiger partial charge in [0.2, 0.25) is 0 Å². The van der Waals surface area contributed by atoms with Crippen LogP contribution in [0.1, 0.15) is 25.8 Å². The van der Waals surface area contributed by atoms with Crippen molar-refractivity contribution in [3.8, 4) is 0 Å². The molecule has 3 heteroatoms. The fourth-order valence-electron chi connectivity index (χ4n) is 2.17. The quantitative estimate of drug-likeness (QED) is 0.869. The highest BCUT2D eigenvalue weighted by atomic mass is 16.5. The second-order valence-electron chi connectivity index (χ2n) is 5.17. The van der Waals surface area contributed by atoms with E-state index in [0.29, 0.717) is 13.2 Å². The molecule has 1 aromatic rings. The summed E-state index contributed by atoms with van der Waals surface area (Å²) in [5.41, 5.74) is 1.17. The molecule has 0 saturated carbocycles. The van der Waals surface area contributed by atoms with Crippen molar-refractivity contribution in [2.24, 2.45) is 0 Å². The Morgan fingerprint density at radius 1 is 1.39 bits per heavy atom. The van der Waals surface area contributed by atoms with Gasteiger partial charge < -0.3 is 14.8 Å². The molecule has 0 bridgehead atoms. The number of benzene rings is 1. The molecule has 2 rings (SSSR count). The van der Waals surface area contributed by atoms with Gasteiger partial charge in [0.15, 0.2) is 0 Å². The Labute approximate surface area is 109 Å². The average Bonchev–Trinajstić information content (AvgIpc) is 2.40. The van der Waals surface area contributed by atoms with Crippen molar-refractivity contribution in [1.82, 2.24) is 5.32 Å². The van der Waals surface area contributed by atoms with Crippen molar-refractivity contribution in [3.05, 3.63) is 35.9 Å². The van der Waals surface area contributed by atoms with Gasteiger partial charge >= 0.3 is 0 Å². The predicted molar refractivity (Wildman–Crippen MR) is 72.5 cm³/mol. The van der Waals surface area contributed by atoms with Gasteiger partial charge in [-0.1, -0.05) is 37.3 Å². The first-order valence-electron chi connectivity index (χ1n) is 6.72. The molecule has 2 unspecified atom stereocenters. The van der Waals surface area contributed by atoms with Crippen LogP contribution >= 0.6 is 0 Å². The van der Waals surface area contributed by atoms with E-state index < -0.39 is 0 Å². The Morgan fingerprint density at radius 3 is 2.89 bits per heavy atom. The van der Waals surface area contributed by atoms with E-state index >= 15 is 0 Å². The molecule has 3 nitrogen and oxygen atoms in total. The highest BCUT2D eigenvalue weighted by Crippen LogP contribution is 2.20. The number of nitrogens with one attached hydrogen (secondary N) is 1. The summed E-state index contributed by atoms with van der Waals surface area (Å²) >= 11 is 0. The highest BCUT2D eigenvalue weighted by molar-refractivity contribution is 5.13. The molecule has 0 amide bonds. The number of morpholine rings is 1. The molecule has 1 saturated heterocycles. The third-order valence-electron chi connectivity index (χ3n) is 3.49. The fraction of sp³-hybridized carbons (Fsp3) is 0.600. The molecule has 1 aromatic carbocycles. The van der Waals surface area contributed by atoms with Crippen LogP contribution in [-0.4, -0.2) is 31.4 Å². The molecule has 0 aliphatic carbocycles. The molecule has 0 aromatic heterocycles. The maximum absolute atomic E-state index is 6.07. The molecular weight excluding hydrogens is 226 g/mol. The van der Waals surface area contributed by atoms with Gasteiger partial charge in [0.25, 0.3) is 0 Å². The van der Waals surface area contributed by atoms with Crippen molar-refractivity contribution in [3.63, 3.8) is 0 Å². The van der Waals surface area contributed by atoms with Crippen LogP contribution in [0.3, 0.4) is 0 Å². The summed E-state index contributed by atoms with van der Waals surface area (Å²) in [4.78, 5) is 0. The van der Waals surface area contributed by atoms with E-state index in [1.807, 2.05) is 18.2 Å². The lowest BCUT2D eigenvalue weighted by Crippen LogP contribution is -2.53. The first kappa shape index (κ1) is 13.5. The summed E-state index contributed by atoms with van der Waals surface area (Å²) < 4.78 is 11.8. The summed E-state index contributed by atoms with van der Waals surface area (Å²) in [6, 6.07) is 10.2. The Kier molecular flexibility index (Phi) is 4.75. The minimum Gasteiger partial charge on any atom is -0.374 e. The summed E-state index contributed by atoms with van der Waals surface area (Å²) in [5, 5.41) is 3.42. The first-order valence-corrected chi connectivity index (χ1v) is 6.72. The topological polar surface area (TPSA) is 30.5 Å². The lowest BCUT2D eigenvalue weighted by molar-refractivity contribution is -0.132. The molecule has 1 N–H and O–H groups in total. The molecular formula is C15H23NO2. The minimum atomic E-state index is -0.0426. The monoisotopic (exact) mass is 249 g/mol. The van der Waals surface area contributed by atoms with Gasteiger partial charge in [-0.15, -0.1) is 0 Å². The van der Waals surface area contributed by atoms with E-state index in [4.69, 9.17) is 9.47 Å². The fourth-order valence-corrected chi connectivity index (χ4v) is 2.17. The summed E-state index contributed by atoms with van der Waals surface area (Å²) in [6.07, 6.45) is 1.18. The zero-order chi connectivity index (χ0) is 12.8. The van der Waals surface area contributed by atoms with Crippen LogP contribution in [0.2, 0.25) is 0 Å². The van der Waals surface area contributed by atoms with E-state index in [2.05, 4.69) is 31.3 Å². The van der Waals surface area contributed by atoms with Crippen molar-refractivity contribution in [2.75, 3.05) is 19.7 Å². The van der Waals surface area contributed by atoms with Crippen LogP contribution in [-0.2, 0) is 16.1 Å². The second-order valence-corrected chi connectivity index (χ2v) is 5.17. The number of rotatable bonds is 5. The molecule has 0 spiro atoms. The average molecular weight is 249 g/mol. The molecule has 1 aliphatic rings. The van der Waals surface area contributed by atoms with E-state index in [9.17, 15) is 0 Å². The Hall–Kier alpha value is -0.900. The number of hydrogen-bond donors (Lipinski definition) is 1. The maximum atomic E-state index is 6.07. The van der Waals surface area contributed by atoms with Crippen molar-refractivity contribution in [2.45, 2.75) is 38.6 Å². The molecule has 100 valence electrons. The molecule has 1 heterocycles. The van der Waals surface area contributed by atoms with Crippen LogP contribution in [0.25, 0.3) is 0 Å². The van der Waals surface area contributed by atoms with Gasteiger partial charge in [-0.25, -0.2) is 0 Å². The first-order chi connectivity index (χ1) is 8.72. The lowest BCUT2D eigenvalue weighted by atomic mass is 10.0. The van der Waals surface area contributed by atoms with Crippen LogP contribution in [0.15, 0.2) is 30.3 Å². The maximum Gasteiger partial charge on any atom is 0.0940 e. The minimum absolute atomic E-state index is 0.0426. The van der Waals surface area contributed by atoms with Crippen molar-refractivity contribution >= 4 is 0 Å². The van der Waals surface area contributed by atoms with Gasteiger partial charge in [0.1, 0.15) is 0 Å². The molecule has 2 atom stereocenters. The SMILES string of the molecule is CCC1(C)CNCC(COCc2ccccc2)O1. The zero-order valence-electron chi connectivity index (χ0n) is 11.3. The third kappa shape index (κ3) is 3.80. The van der Waals surface area contributed by atoms with Gasteiger partial charge in [-0.3, -0.25) is 0 Å². The third-order valence-corrected chi connectivity index (χ3v) is 3.49. The zero-order valence-corrected chi connectivity index (χ0v) is 11.3. The molecule has 1 aliphatic heterocycles. The van der Waals surface area contributed by atoms with Gasteiger partial charge in [0.05, 0.1) is 24.9 Å². The van der Waals surface area contributed by atoms with E-state index in [0.717, 1.165) is 19.5 Å². The Balaban J connectivity index is 1.74. The van der Waals surface area contributed by atoms with E-state index in [1.54, 1.807) is 0 Å². The molecule has 1 fully saturated rings.